The van der Waals surface area contributed by atoms with Crippen molar-refractivity contribution in [2.45, 2.75) is 12.5 Å². The zero-order valence-electron chi connectivity index (χ0n) is 7.66. The van der Waals surface area contributed by atoms with E-state index in [-0.39, 0.29) is 5.56 Å². The summed E-state index contributed by atoms with van der Waals surface area (Å²) >= 11 is 0. The SMILES string of the molecule is Nc1cc(C(=O)O)ccc1C1CCN1. The Morgan fingerprint density at radius 3 is 2.71 bits per heavy atom. The van der Waals surface area contributed by atoms with Crippen LogP contribution in [-0.2, 0) is 0 Å². The molecule has 1 unspecified atom stereocenters. The van der Waals surface area contributed by atoms with Crippen LogP contribution >= 0.6 is 0 Å². The quantitative estimate of drug-likeness (QED) is 0.611. The van der Waals surface area contributed by atoms with Crippen LogP contribution in [-0.4, -0.2) is 17.6 Å². The van der Waals surface area contributed by atoms with E-state index in [1.165, 1.54) is 6.07 Å². The van der Waals surface area contributed by atoms with Gasteiger partial charge in [-0.1, -0.05) is 6.07 Å². The van der Waals surface area contributed by atoms with Crippen molar-refractivity contribution in [3.63, 3.8) is 0 Å². The van der Waals surface area contributed by atoms with E-state index in [0.29, 0.717) is 11.7 Å². The molecule has 0 aromatic heterocycles. The molecule has 74 valence electrons. The topological polar surface area (TPSA) is 75.4 Å². The fourth-order valence-electron chi connectivity index (χ4n) is 1.58. The molecule has 4 nitrogen and oxygen atoms in total. The first kappa shape index (κ1) is 9.02. The highest BCUT2D eigenvalue weighted by atomic mass is 16.4. The van der Waals surface area contributed by atoms with Gasteiger partial charge in [-0.3, -0.25) is 0 Å². The fraction of sp³-hybridized carbons (Fsp3) is 0.300. The molecule has 1 heterocycles. The maximum Gasteiger partial charge on any atom is 0.335 e. The van der Waals surface area contributed by atoms with Gasteiger partial charge in [-0.15, -0.1) is 0 Å². The molecule has 0 spiro atoms. The summed E-state index contributed by atoms with van der Waals surface area (Å²) in [5.74, 6) is -0.940. The van der Waals surface area contributed by atoms with Crippen molar-refractivity contribution in [2.24, 2.45) is 0 Å². The Morgan fingerprint density at radius 2 is 2.29 bits per heavy atom. The number of aromatic carboxylic acids is 1. The van der Waals surface area contributed by atoms with Gasteiger partial charge in [0, 0.05) is 11.7 Å². The summed E-state index contributed by atoms with van der Waals surface area (Å²) < 4.78 is 0. The molecule has 0 radical (unpaired) electrons. The second-order valence-electron chi connectivity index (χ2n) is 3.44. The number of anilines is 1. The molecular formula is C10H12N2O2. The normalized spacial score (nSPS) is 20.1. The molecular weight excluding hydrogens is 180 g/mol. The predicted octanol–water partition coefficient (Wildman–Crippen LogP) is 1.00. The van der Waals surface area contributed by atoms with Crippen molar-refractivity contribution in [3.05, 3.63) is 29.3 Å². The van der Waals surface area contributed by atoms with Gasteiger partial charge >= 0.3 is 5.97 Å². The summed E-state index contributed by atoms with van der Waals surface area (Å²) in [6.45, 7) is 1.00. The lowest BCUT2D eigenvalue weighted by atomic mass is 9.95. The van der Waals surface area contributed by atoms with Crippen molar-refractivity contribution < 1.29 is 9.90 Å². The number of nitrogen functional groups attached to an aromatic ring is 1. The lowest BCUT2D eigenvalue weighted by Crippen LogP contribution is -2.35. The number of rotatable bonds is 2. The van der Waals surface area contributed by atoms with Gasteiger partial charge in [-0.05, 0) is 30.7 Å². The summed E-state index contributed by atoms with van der Waals surface area (Å²) in [6, 6.07) is 5.19. The molecule has 1 aromatic rings. The average molecular weight is 192 g/mol. The molecule has 4 N–H and O–H groups in total. The van der Waals surface area contributed by atoms with E-state index in [2.05, 4.69) is 5.32 Å². The van der Waals surface area contributed by atoms with Gasteiger partial charge in [0.05, 0.1) is 5.56 Å². The fourth-order valence-corrected chi connectivity index (χ4v) is 1.58. The minimum Gasteiger partial charge on any atom is -0.478 e. The number of nitrogens with two attached hydrogens (primary N) is 1. The Balaban J connectivity index is 2.30. The summed E-state index contributed by atoms with van der Waals surface area (Å²) in [5, 5.41) is 12.0. The van der Waals surface area contributed by atoms with Crippen LogP contribution < -0.4 is 11.1 Å². The molecule has 0 bridgehead atoms. The van der Waals surface area contributed by atoms with Crippen molar-refractivity contribution in [3.8, 4) is 0 Å². The maximum absolute atomic E-state index is 10.6. The second-order valence-corrected chi connectivity index (χ2v) is 3.44. The van der Waals surface area contributed by atoms with Crippen molar-refractivity contribution in [2.75, 3.05) is 12.3 Å². The molecule has 1 fully saturated rings. The van der Waals surface area contributed by atoms with Crippen LogP contribution in [0.15, 0.2) is 18.2 Å². The lowest BCUT2D eigenvalue weighted by molar-refractivity contribution is 0.0697. The first-order chi connectivity index (χ1) is 6.68. The molecule has 0 amide bonds. The Morgan fingerprint density at radius 1 is 1.57 bits per heavy atom. The zero-order valence-corrected chi connectivity index (χ0v) is 7.66. The highest BCUT2D eigenvalue weighted by Crippen LogP contribution is 2.28. The maximum atomic E-state index is 10.6. The van der Waals surface area contributed by atoms with Gasteiger partial charge < -0.3 is 16.2 Å². The van der Waals surface area contributed by atoms with Crippen molar-refractivity contribution in [1.82, 2.24) is 5.32 Å². The van der Waals surface area contributed by atoms with Crippen LogP contribution in [0.4, 0.5) is 5.69 Å². The van der Waals surface area contributed by atoms with E-state index in [4.69, 9.17) is 10.8 Å². The van der Waals surface area contributed by atoms with E-state index in [1.54, 1.807) is 12.1 Å². The zero-order chi connectivity index (χ0) is 10.1. The molecule has 2 rings (SSSR count). The van der Waals surface area contributed by atoms with Crippen LogP contribution in [0.1, 0.15) is 28.4 Å². The van der Waals surface area contributed by atoms with Gasteiger partial charge in [-0.2, -0.15) is 0 Å². The summed E-state index contributed by atoms with van der Waals surface area (Å²) in [5.41, 5.74) is 7.57. The number of carboxylic acid groups (broad SMARTS) is 1. The molecule has 1 aliphatic heterocycles. The monoisotopic (exact) mass is 192 g/mol. The van der Waals surface area contributed by atoms with Gasteiger partial charge in [0.1, 0.15) is 0 Å². The predicted molar refractivity (Wildman–Crippen MR) is 53.2 cm³/mol. The Labute approximate surface area is 81.7 Å². The number of hydrogen-bond donors (Lipinski definition) is 3. The molecule has 1 aliphatic rings. The third-order valence-corrected chi connectivity index (χ3v) is 2.53. The third kappa shape index (κ3) is 1.44. The minimum absolute atomic E-state index is 0.241. The van der Waals surface area contributed by atoms with E-state index in [0.717, 1.165) is 18.5 Å². The van der Waals surface area contributed by atoms with Gasteiger partial charge in [0.25, 0.3) is 0 Å². The van der Waals surface area contributed by atoms with Crippen molar-refractivity contribution in [1.29, 1.82) is 0 Å². The first-order valence-corrected chi connectivity index (χ1v) is 4.54. The van der Waals surface area contributed by atoms with Gasteiger partial charge in [0.2, 0.25) is 0 Å². The lowest BCUT2D eigenvalue weighted by Gasteiger charge is -2.29. The number of nitrogens with one attached hydrogen (secondary N) is 1. The van der Waals surface area contributed by atoms with Gasteiger partial charge in [-0.25, -0.2) is 4.79 Å². The van der Waals surface area contributed by atoms with E-state index in [1.807, 2.05) is 0 Å². The molecule has 1 atom stereocenters. The number of hydrogen-bond acceptors (Lipinski definition) is 3. The largest absolute Gasteiger partial charge is 0.478 e. The number of carboxylic acids is 1. The van der Waals surface area contributed by atoms with Crippen LogP contribution in [0.2, 0.25) is 0 Å². The Kier molecular flexibility index (Phi) is 2.13. The molecule has 1 saturated heterocycles. The molecule has 14 heavy (non-hydrogen) atoms. The van der Waals surface area contributed by atoms with Crippen LogP contribution in [0.5, 0.6) is 0 Å². The summed E-state index contributed by atoms with van der Waals surface area (Å²) in [7, 11) is 0. The molecule has 0 saturated carbocycles. The van der Waals surface area contributed by atoms with E-state index in [9.17, 15) is 4.79 Å². The van der Waals surface area contributed by atoms with E-state index >= 15 is 0 Å². The van der Waals surface area contributed by atoms with Crippen LogP contribution in [0.3, 0.4) is 0 Å². The number of benzene rings is 1. The molecule has 0 aliphatic carbocycles. The van der Waals surface area contributed by atoms with Crippen molar-refractivity contribution >= 4 is 11.7 Å². The average Bonchev–Trinajstić information content (AvgIpc) is 2.04. The number of carbonyl (C=O) groups is 1. The second kappa shape index (κ2) is 3.31. The van der Waals surface area contributed by atoms with Crippen LogP contribution in [0.25, 0.3) is 0 Å². The highest BCUT2D eigenvalue weighted by Gasteiger charge is 2.20. The first-order valence-electron chi connectivity index (χ1n) is 4.54. The molecule has 4 heteroatoms. The molecule has 1 aromatic carbocycles. The van der Waals surface area contributed by atoms with Gasteiger partial charge in [0.15, 0.2) is 0 Å². The Hall–Kier alpha value is -1.55. The van der Waals surface area contributed by atoms with E-state index < -0.39 is 5.97 Å². The smallest absolute Gasteiger partial charge is 0.335 e. The highest BCUT2D eigenvalue weighted by molar-refractivity contribution is 5.89. The summed E-state index contributed by atoms with van der Waals surface area (Å²) in [6.07, 6.45) is 1.07. The summed E-state index contributed by atoms with van der Waals surface area (Å²) in [4.78, 5) is 10.6. The minimum atomic E-state index is -0.940. The van der Waals surface area contributed by atoms with Crippen LogP contribution in [0, 0.1) is 0 Å². The third-order valence-electron chi connectivity index (χ3n) is 2.53. The Bertz CT molecular complexity index is 372. The standard InChI is InChI=1S/C10H12N2O2/c11-8-5-6(10(13)14)1-2-7(8)9-3-4-12-9/h1-2,5,9,12H,3-4,11H2,(H,13,14).